The molecule has 3 nitrogen and oxygen atoms in total. The summed E-state index contributed by atoms with van der Waals surface area (Å²) in [7, 11) is 1.78. The zero-order chi connectivity index (χ0) is 12.1. The van der Waals surface area contributed by atoms with E-state index in [0.717, 1.165) is 0 Å². The molecular weight excluding hydrogens is 220 g/mol. The van der Waals surface area contributed by atoms with Crippen molar-refractivity contribution >= 4 is 17.2 Å². The zero-order valence-corrected chi connectivity index (χ0v) is 10.6. The standard InChI is InChI=1S/C12H18N2OS/c1-4-5-10(13)12(15)14(3)8-11-9(2)6-7-16-11/h4,6-7,10H,1,5,8,13H2,2-3H3. The summed E-state index contributed by atoms with van der Waals surface area (Å²) in [6.45, 7) is 6.27. The number of aryl methyl sites for hydroxylation is 1. The van der Waals surface area contributed by atoms with Crippen LogP contribution in [0, 0.1) is 6.92 Å². The molecule has 1 aromatic rings. The molecule has 0 spiro atoms. The molecule has 1 amide bonds. The van der Waals surface area contributed by atoms with E-state index in [0.29, 0.717) is 13.0 Å². The fraction of sp³-hybridized carbons (Fsp3) is 0.417. The SMILES string of the molecule is C=CCC(N)C(=O)N(C)Cc1sccc1C. The minimum absolute atomic E-state index is 0.0345. The lowest BCUT2D eigenvalue weighted by atomic mass is 10.2. The molecule has 0 saturated carbocycles. The van der Waals surface area contributed by atoms with Gasteiger partial charge in [0, 0.05) is 11.9 Å². The molecule has 4 heteroatoms. The Morgan fingerprint density at radius 3 is 2.94 bits per heavy atom. The van der Waals surface area contributed by atoms with Crippen molar-refractivity contribution in [2.24, 2.45) is 5.73 Å². The van der Waals surface area contributed by atoms with E-state index in [2.05, 4.69) is 12.6 Å². The van der Waals surface area contributed by atoms with E-state index in [1.54, 1.807) is 29.4 Å². The summed E-state index contributed by atoms with van der Waals surface area (Å²) >= 11 is 1.67. The average Bonchev–Trinajstić information content (AvgIpc) is 2.63. The third-order valence-electron chi connectivity index (χ3n) is 2.46. The molecule has 1 heterocycles. The second-order valence-electron chi connectivity index (χ2n) is 3.85. The smallest absolute Gasteiger partial charge is 0.239 e. The molecule has 0 aromatic carbocycles. The third-order valence-corrected chi connectivity index (χ3v) is 3.47. The van der Waals surface area contributed by atoms with Gasteiger partial charge in [0.25, 0.3) is 0 Å². The molecule has 1 rings (SSSR count). The van der Waals surface area contributed by atoms with Crippen LogP contribution in [0.15, 0.2) is 24.1 Å². The van der Waals surface area contributed by atoms with Crippen LogP contribution in [0.2, 0.25) is 0 Å². The Hall–Kier alpha value is -1.13. The van der Waals surface area contributed by atoms with Gasteiger partial charge in [-0.2, -0.15) is 0 Å². The summed E-state index contributed by atoms with van der Waals surface area (Å²) in [5.41, 5.74) is 6.96. The Kier molecular flexibility index (Phi) is 4.71. The first-order chi connectivity index (χ1) is 7.56. The summed E-state index contributed by atoms with van der Waals surface area (Å²) in [6.07, 6.45) is 2.19. The Bertz CT molecular complexity index is 373. The highest BCUT2D eigenvalue weighted by atomic mass is 32.1. The van der Waals surface area contributed by atoms with Crippen LogP contribution in [0.4, 0.5) is 0 Å². The molecule has 1 aromatic heterocycles. The molecule has 0 aliphatic carbocycles. The van der Waals surface area contributed by atoms with Crippen molar-refractivity contribution in [3.8, 4) is 0 Å². The molecule has 0 aliphatic rings. The molecule has 0 radical (unpaired) electrons. The number of hydrogen-bond donors (Lipinski definition) is 1. The number of carbonyl (C=O) groups is 1. The van der Waals surface area contributed by atoms with Crippen LogP contribution in [-0.2, 0) is 11.3 Å². The van der Waals surface area contributed by atoms with Crippen LogP contribution in [0.3, 0.4) is 0 Å². The normalized spacial score (nSPS) is 12.2. The number of hydrogen-bond acceptors (Lipinski definition) is 3. The van der Waals surface area contributed by atoms with Gasteiger partial charge in [-0.25, -0.2) is 0 Å². The summed E-state index contributed by atoms with van der Waals surface area (Å²) in [5, 5.41) is 2.03. The predicted molar refractivity (Wildman–Crippen MR) is 68.3 cm³/mol. The van der Waals surface area contributed by atoms with Gasteiger partial charge in [-0.3, -0.25) is 4.79 Å². The lowest BCUT2D eigenvalue weighted by Gasteiger charge is -2.20. The maximum Gasteiger partial charge on any atom is 0.239 e. The minimum atomic E-state index is -0.470. The Morgan fingerprint density at radius 2 is 2.44 bits per heavy atom. The van der Waals surface area contributed by atoms with E-state index in [4.69, 9.17) is 5.73 Å². The van der Waals surface area contributed by atoms with E-state index >= 15 is 0 Å². The number of nitrogens with two attached hydrogens (primary N) is 1. The first-order valence-electron chi connectivity index (χ1n) is 5.20. The van der Waals surface area contributed by atoms with Crippen molar-refractivity contribution in [2.45, 2.75) is 25.9 Å². The summed E-state index contributed by atoms with van der Waals surface area (Å²) < 4.78 is 0. The van der Waals surface area contributed by atoms with Gasteiger partial charge in [0.2, 0.25) is 5.91 Å². The molecule has 0 fully saturated rings. The van der Waals surface area contributed by atoms with Crippen molar-refractivity contribution in [1.82, 2.24) is 4.90 Å². The van der Waals surface area contributed by atoms with Crippen LogP contribution in [0.5, 0.6) is 0 Å². The van der Waals surface area contributed by atoms with E-state index in [-0.39, 0.29) is 5.91 Å². The Labute approximate surface area is 101 Å². The lowest BCUT2D eigenvalue weighted by molar-refractivity contribution is -0.131. The highest BCUT2D eigenvalue weighted by molar-refractivity contribution is 7.10. The van der Waals surface area contributed by atoms with Crippen molar-refractivity contribution in [3.63, 3.8) is 0 Å². The number of rotatable bonds is 5. The van der Waals surface area contributed by atoms with Gasteiger partial charge in [0.05, 0.1) is 12.6 Å². The van der Waals surface area contributed by atoms with E-state index in [1.807, 2.05) is 12.3 Å². The first kappa shape index (κ1) is 12.9. The molecule has 1 atom stereocenters. The van der Waals surface area contributed by atoms with Crippen LogP contribution in [-0.4, -0.2) is 23.9 Å². The Morgan fingerprint density at radius 1 is 1.75 bits per heavy atom. The average molecular weight is 238 g/mol. The second kappa shape index (κ2) is 5.82. The van der Waals surface area contributed by atoms with Gasteiger partial charge >= 0.3 is 0 Å². The maximum absolute atomic E-state index is 11.8. The Balaban J connectivity index is 2.58. The highest BCUT2D eigenvalue weighted by Gasteiger charge is 2.17. The molecule has 16 heavy (non-hydrogen) atoms. The zero-order valence-electron chi connectivity index (χ0n) is 9.77. The quantitative estimate of drug-likeness (QED) is 0.797. The summed E-state index contributed by atoms with van der Waals surface area (Å²) in [4.78, 5) is 14.7. The first-order valence-corrected chi connectivity index (χ1v) is 6.08. The van der Waals surface area contributed by atoms with Crippen LogP contribution in [0.1, 0.15) is 16.9 Å². The van der Waals surface area contributed by atoms with Gasteiger partial charge in [0.1, 0.15) is 0 Å². The van der Waals surface area contributed by atoms with Crippen molar-refractivity contribution in [1.29, 1.82) is 0 Å². The molecule has 1 unspecified atom stereocenters. The molecular formula is C12H18N2OS. The minimum Gasteiger partial charge on any atom is -0.339 e. The van der Waals surface area contributed by atoms with Crippen molar-refractivity contribution in [2.75, 3.05) is 7.05 Å². The van der Waals surface area contributed by atoms with Gasteiger partial charge in [-0.05, 0) is 30.4 Å². The van der Waals surface area contributed by atoms with Crippen LogP contribution in [0.25, 0.3) is 0 Å². The van der Waals surface area contributed by atoms with Gasteiger partial charge < -0.3 is 10.6 Å². The van der Waals surface area contributed by atoms with Crippen molar-refractivity contribution < 1.29 is 4.79 Å². The summed E-state index contributed by atoms with van der Waals surface area (Å²) in [6, 6.07) is 1.59. The molecule has 0 aliphatic heterocycles. The van der Waals surface area contributed by atoms with Crippen LogP contribution < -0.4 is 5.73 Å². The number of carbonyl (C=O) groups excluding carboxylic acids is 1. The maximum atomic E-state index is 11.8. The van der Waals surface area contributed by atoms with Gasteiger partial charge in [-0.15, -0.1) is 17.9 Å². The molecule has 0 saturated heterocycles. The fourth-order valence-electron chi connectivity index (χ4n) is 1.42. The van der Waals surface area contributed by atoms with Crippen molar-refractivity contribution in [3.05, 3.63) is 34.5 Å². The predicted octanol–water partition coefficient (Wildman–Crippen LogP) is 1.92. The van der Waals surface area contributed by atoms with E-state index in [1.165, 1.54) is 10.4 Å². The van der Waals surface area contributed by atoms with Crippen LogP contribution >= 0.6 is 11.3 Å². The number of likely N-dealkylation sites (N-methyl/N-ethyl adjacent to an activating group) is 1. The van der Waals surface area contributed by atoms with E-state index < -0.39 is 6.04 Å². The van der Waals surface area contributed by atoms with Gasteiger partial charge in [-0.1, -0.05) is 6.08 Å². The molecule has 88 valence electrons. The highest BCUT2D eigenvalue weighted by Crippen LogP contribution is 2.17. The number of thiophene rings is 1. The number of nitrogens with zero attached hydrogens (tertiary/aromatic N) is 1. The second-order valence-corrected chi connectivity index (χ2v) is 4.85. The number of amides is 1. The van der Waals surface area contributed by atoms with E-state index in [9.17, 15) is 4.79 Å². The van der Waals surface area contributed by atoms with Gasteiger partial charge in [0.15, 0.2) is 0 Å². The topological polar surface area (TPSA) is 46.3 Å². The monoisotopic (exact) mass is 238 g/mol. The fourth-order valence-corrected chi connectivity index (χ4v) is 2.38. The molecule has 0 bridgehead atoms. The summed E-state index contributed by atoms with van der Waals surface area (Å²) in [5.74, 6) is -0.0345. The lowest BCUT2D eigenvalue weighted by Crippen LogP contribution is -2.40. The molecule has 2 N–H and O–H groups in total. The third kappa shape index (κ3) is 3.18. The largest absolute Gasteiger partial charge is 0.339 e.